The van der Waals surface area contributed by atoms with Crippen LogP contribution in [0.4, 0.5) is 4.39 Å². The normalized spacial score (nSPS) is 33.3. The molecule has 4 fully saturated rings. The molecule has 7 rings (SSSR count). The first kappa shape index (κ1) is 25.4. The largest absolute Gasteiger partial charge is 0.272 e. The van der Waals surface area contributed by atoms with Gasteiger partial charge in [0.15, 0.2) is 0 Å². The molecule has 2 saturated heterocycles. The van der Waals surface area contributed by atoms with E-state index in [0.717, 1.165) is 35.4 Å². The number of carbonyl (C=O) groups is 1. The Morgan fingerprint density at radius 3 is 2.08 bits per heavy atom. The molecular weight excluding hydrogens is 530 g/mol. The van der Waals surface area contributed by atoms with Crippen molar-refractivity contribution < 1.29 is 17.6 Å². The van der Waals surface area contributed by atoms with Gasteiger partial charge in [-0.1, -0.05) is 86.6 Å². The molecule has 8 heteroatoms. The van der Waals surface area contributed by atoms with Crippen molar-refractivity contribution in [3.63, 3.8) is 0 Å². The number of sulfonamides is 1. The Kier molecular flexibility index (Phi) is 5.66. The predicted molar refractivity (Wildman–Crippen MR) is 152 cm³/mol. The van der Waals surface area contributed by atoms with Gasteiger partial charge in [-0.3, -0.25) is 9.46 Å². The van der Waals surface area contributed by atoms with Crippen LogP contribution in [0.1, 0.15) is 44.7 Å². The van der Waals surface area contributed by atoms with E-state index in [9.17, 15) is 17.6 Å². The molecule has 0 radical (unpaired) electrons. The molecule has 2 bridgehead atoms. The fraction of sp³-hybridized carbons (Fsp3) is 0.387. The third kappa shape index (κ3) is 3.62. The Balaban J connectivity index is 1.32. The second kappa shape index (κ2) is 8.70. The van der Waals surface area contributed by atoms with Gasteiger partial charge in [-0.25, -0.2) is 17.1 Å². The zero-order chi connectivity index (χ0) is 27.2. The van der Waals surface area contributed by atoms with Crippen LogP contribution < -0.4 is 10.6 Å². The minimum atomic E-state index is -3.75. The summed E-state index contributed by atoms with van der Waals surface area (Å²) in [5.74, 6) is -0.174. The quantitative estimate of drug-likeness (QED) is 0.326. The predicted octanol–water partition coefficient (Wildman–Crippen LogP) is 4.97. The Morgan fingerprint density at radius 1 is 0.923 bits per heavy atom. The minimum absolute atomic E-state index is 0.0555. The second-order valence-corrected chi connectivity index (χ2v) is 16.0. The molecule has 1 amide bonds. The highest BCUT2D eigenvalue weighted by molar-refractivity contribution is 7.90. The summed E-state index contributed by atoms with van der Waals surface area (Å²) in [5.41, 5.74) is 0.342. The van der Waals surface area contributed by atoms with E-state index in [2.05, 4.69) is 42.8 Å². The van der Waals surface area contributed by atoms with Crippen molar-refractivity contribution in [2.45, 2.75) is 51.2 Å². The SMILES string of the molecule is CC1(C)[C@@H]2CC[C@]13CS(=O)(=O)N(C(=O)[C@H]1[C@@H](c4ccc(F)cc4)N1P(c1ccccc1)c1ccccc1)[C@@H]3C2. The van der Waals surface area contributed by atoms with Crippen molar-refractivity contribution in [1.29, 1.82) is 0 Å². The Morgan fingerprint density at radius 2 is 1.51 bits per heavy atom. The highest BCUT2D eigenvalue weighted by Crippen LogP contribution is 2.70. The Labute approximate surface area is 230 Å². The molecule has 1 spiro atoms. The van der Waals surface area contributed by atoms with E-state index in [4.69, 9.17) is 0 Å². The molecule has 39 heavy (non-hydrogen) atoms. The van der Waals surface area contributed by atoms with Crippen LogP contribution in [0, 0.1) is 22.6 Å². The second-order valence-electron chi connectivity index (χ2n) is 12.1. The lowest BCUT2D eigenvalue weighted by molar-refractivity contribution is -0.129. The highest BCUT2D eigenvalue weighted by Gasteiger charge is 2.74. The lowest BCUT2D eigenvalue weighted by Crippen LogP contribution is -2.46. The zero-order valence-corrected chi connectivity index (χ0v) is 23.8. The third-order valence-electron chi connectivity index (χ3n) is 10.1. The van der Waals surface area contributed by atoms with Gasteiger partial charge < -0.3 is 0 Å². The number of hydrogen-bond donors (Lipinski definition) is 0. The molecule has 2 saturated carbocycles. The smallest absolute Gasteiger partial charge is 0.255 e. The van der Waals surface area contributed by atoms with E-state index >= 15 is 0 Å². The topological polar surface area (TPSA) is 57.5 Å². The van der Waals surface area contributed by atoms with Gasteiger partial charge >= 0.3 is 0 Å². The van der Waals surface area contributed by atoms with Gasteiger partial charge in [0.05, 0.1) is 17.8 Å². The van der Waals surface area contributed by atoms with Crippen molar-refractivity contribution in [3.8, 4) is 0 Å². The van der Waals surface area contributed by atoms with Gasteiger partial charge in [0.1, 0.15) is 11.9 Å². The average Bonchev–Trinajstić information content (AvgIpc) is 3.45. The number of rotatable bonds is 5. The van der Waals surface area contributed by atoms with E-state index in [1.165, 1.54) is 16.4 Å². The summed E-state index contributed by atoms with van der Waals surface area (Å²) in [6, 6.07) is 25.2. The lowest BCUT2D eigenvalue weighted by atomic mass is 9.69. The standard InChI is InChI=1S/C31H32FN2O3PS/c1-30(2)22-17-18-31(30)20-39(36,37)34(26(31)19-22)29(35)28-27(21-13-15-23(32)16-14-21)33(28)38(24-9-5-3-6-10-24)25-11-7-4-8-12-25/h3-16,22,26-28H,17-20H2,1-2H3/t22-,26-,27-,28-,31-,33?/m1/s1. The van der Waals surface area contributed by atoms with Gasteiger partial charge in [0, 0.05) is 13.5 Å². The number of halogens is 1. The fourth-order valence-corrected chi connectivity index (χ4v) is 13.2. The summed E-state index contributed by atoms with van der Waals surface area (Å²) in [4.78, 5) is 14.5. The van der Waals surface area contributed by atoms with E-state index in [0.29, 0.717) is 5.92 Å². The van der Waals surface area contributed by atoms with E-state index in [1.54, 1.807) is 12.1 Å². The number of nitrogens with zero attached hydrogens (tertiary/aromatic N) is 2. The summed E-state index contributed by atoms with van der Waals surface area (Å²) in [5, 5.41) is 2.17. The number of fused-ring (bicyclic) bond motifs is 1. The summed E-state index contributed by atoms with van der Waals surface area (Å²) in [7, 11) is -4.88. The maximum absolute atomic E-state index is 14.5. The van der Waals surface area contributed by atoms with Gasteiger partial charge in [-0.15, -0.1) is 0 Å². The maximum Gasteiger partial charge on any atom is 0.255 e. The molecule has 2 heterocycles. The van der Waals surface area contributed by atoms with Crippen LogP contribution in [0.3, 0.4) is 0 Å². The first-order valence-corrected chi connectivity index (χ1v) is 16.6. The lowest BCUT2D eigenvalue weighted by Gasteiger charge is -2.37. The van der Waals surface area contributed by atoms with Crippen LogP contribution >= 0.6 is 8.07 Å². The van der Waals surface area contributed by atoms with Crippen molar-refractivity contribution in [1.82, 2.24) is 8.98 Å². The molecule has 202 valence electrons. The number of benzene rings is 3. The highest BCUT2D eigenvalue weighted by atomic mass is 32.2. The number of hydrogen-bond acceptors (Lipinski definition) is 4. The van der Waals surface area contributed by atoms with E-state index in [1.807, 2.05) is 36.4 Å². The molecule has 1 unspecified atom stereocenters. The maximum atomic E-state index is 14.5. The van der Waals surface area contributed by atoms with Crippen molar-refractivity contribution in [3.05, 3.63) is 96.3 Å². The molecule has 2 aliphatic heterocycles. The van der Waals surface area contributed by atoms with Crippen molar-refractivity contribution >= 4 is 34.6 Å². The van der Waals surface area contributed by atoms with Crippen LogP contribution in [0.15, 0.2) is 84.9 Å². The molecule has 0 N–H and O–H groups in total. The number of amides is 1. The summed E-state index contributed by atoms with van der Waals surface area (Å²) >= 11 is 0. The molecule has 4 aliphatic rings. The van der Waals surface area contributed by atoms with E-state index in [-0.39, 0.29) is 40.4 Å². The first-order valence-electron chi connectivity index (χ1n) is 13.7. The minimum Gasteiger partial charge on any atom is -0.272 e. The van der Waals surface area contributed by atoms with Crippen LogP contribution in [0.5, 0.6) is 0 Å². The summed E-state index contributed by atoms with van der Waals surface area (Å²) in [6.07, 6.45) is 2.63. The Bertz CT molecular complexity index is 1490. The molecule has 5 nitrogen and oxygen atoms in total. The molecule has 0 aromatic heterocycles. The first-order chi connectivity index (χ1) is 18.7. The average molecular weight is 563 g/mol. The molecule has 3 aromatic rings. The fourth-order valence-electron chi connectivity index (χ4n) is 7.98. The molecular formula is C31H32FN2O3PS. The van der Waals surface area contributed by atoms with Gasteiger partial charge in [0.25, 0.3) is 5.91 Å². The Hall–Kier alpha value is -2.60. The van der Waals surface area contributed by atoms with Crippen molar-refractivity contribution in [2.75, 3.05) is 5.75 Å². The molecule has 2 aliphatic carbocycles. The summed E-state index contributed by atoms with van der Waals surface area (Å²) in [6.45, 7) is 4.39. The van der Waals surface area contributed by atoms with Crippen LogP contribution in [0.2, 0.25) is 0 Å². The summed E-state index contributed by atoms with van der Waals surface area (Å²) < 4.78 is 44.9. The monoisotopic (exact) mass is 562 g/mol. The van der Waals surface area contributed by atoms with Gasteiger partial charge in [0.2, 0.25) is 10.0 Å². The molecule has 3 aromatic carbocycles. The van der Waals surface area contributed by atoms with Crippen LogP contribution in [-0.4, -0.2) is 41.1 Å². The van der Waals surface area contributed by atoms with E-state index < -0.39 is 24.1 Å². The third-order valence-corrected chi connectivity index (χ3v) is 14.6. The van der Waals surface area contributed by atoms with Gasteiger partial charge in [-0.05, 0) is 58.9 Å². The van der Waals surface area contributed by atoms with Crippen LogP contribution in [-0.2, 0) is 14.8 Å². The van der Waals surface area contributed by atoms with Gasteiger partial charge in [-0.2, -0.15) is 0 Å². The number of carbonyl (C=O) groups excluding carboxylic acids is 1. The molecule has 6 atom stereocenters. The zero-order valence-electron chi connectivity index (χ0n) is 22.1. The van der Waals surface area contributed by atoms with Crippen molar-refractivity contribution in [2.24, 2.45) is 16.7 Å². The van der Waals surface area contributed by atoms with Crippen LogP contribution in [0.25, 0.3) is 0 Å².